The predicted octanol–water partition coefficient (Wildman–Crippen LogP) is 3.30. The number of halogens is 1. The first-order valence-electron chi connectivity index (χ1n) is 4.74. The molecule has 0 spiro atoms. The van der Waals surface area contributed by atoms with Crippen LogP contribution in [0.4, 0.5) is 4.39 Å². The van der Waals surface area contributed by atoms with Gasteiger partial charge in [-0.1, -0.05) is 26.8 Å². The minimum atomic E-state index is -0.404. The van der Waals surface area contributed by atoms with Crippen LogP contribution in [0.2, 0.25) is 0 Å². The van der Waals surface area contributed by atoms with Crippen molar-refractivity contribution in [1.82, 2.24) is 4.98 Å². The van der Waals surface area contributed by atoms with Gasteiger partial charge in [0.05, 0.1) is 0 Å². The highest BCUT2D eigenvalue weighted by molar-refractivity contribution is 5.20. The first kappa shape index (κ1) is 10.2. The van der Waals surface area contributed by atoms with Crippen molar-refractivity contribution in [3.63, 3.8) is 0 Å². The van der Waals surface area contributed by atoms with Crippen LogP contribution in [-0.2, 0) is 5.41 Å². The van der Waals surface area contributed by atoms with E-state index in [2.05, 4.69) is 25.8 Å². The Balaban J connectivity index is 2.99. The van der Waals surface area contributed by atoms with Gasteiger partial charge in [-0.3, -0.25) is 0 Å². The van der Waals surface area contributed by atoms with Crippen molar-refractivity contribution in [2.45, 2.75) is 39.0 Å². The van der Waals surface area contributed by atoms with Crippen molar-refractivity contribution in [3.8, 4) is 0 Å². The zero-order valence-electron chi connectivity index (χ0n) is 8.47. The first-order chi connectivity index (χ1) is 6.12. The fourth-order valence-corrected chi connectivity index (χ4v) is 1.39. The molecule has 0 amide bonds. The van der Waals surface area contributed by atoms with E-state index in [1.54, 1.807) is 6.20 Å². The third-order valence-electron chi connectivity index (χ3n) is 2.98. The Hall–Kier alpha value is -0.920. The lowest BCUT2D eigenvalue weighted by Gasteiger charge is -2.26. The predicted molar refractivity (Wildman–Crippen MR) is 52.1 cm³/mol. The number of nitrogens with zero attached hydrogens (tertiary/aromatic N) is 1. The lowest BCUT2D eigenvalue weighted by atomic mass is 9.79. The SMILES string of the molecule is CCC(C)(CC)c1ccc(F)nc1. The maximum Gasteiger partial charge on any atom is 0.212 e. The molecule has 0 aliphatic rings. The van der Waals surface area contributed by atoms with Gasteiger partial charge in [-0.05, 0) is 29.9 Å². The highest BCUT2D eigenvalue weighted by Crippen LogP contribution is 2.30. The number of hydrogen-bond donors (Lipinski definition) is 0. The molecule has 0 aliphatic carbocycles. The quantitative estimate of drug-likeness (QED) is 0.652. The molecule has 0 bridgehead atoms. The van der Waals surface area contributed by atoms with E-state index in [1.807, 2.05) is 6.07 Å². The summed E-state index contributed by atoms with van der Waals surface area (Å²) < 4.78 is 12.6. The number of pyridine rings is 1. The van der Waals surface area contributed by atoms with E-state index >= 15 is 0 Å². The second-order valence-electron chi connectivity index (χ2n) is 3.64. The van der Waals surface area contributed by atoms with E-state index in [0.717, 1.165) is 18.4 Å². The molecule has 0 N–H and O–H groups in total. The molecule has 1 rings (SSSR count). The van der Waals surface area contributed by atoms with E-state index in [4.69, 9.17) is 0 Å². The molecular weight excluding hydrogens is 165 g/mol. The normalized spacial score (nSPS) is 11.7. The lowest BCUT2D eigenvalue weighted by molar-refractivity contribution is 0.435. The molecule has 1 nitrogen and oxygen atoms in total. The smallest absolute Gasteiger partial charge is 0.212 e. The van der Waals surface area contributed by atoms with Crippen LogP contribution in [0, 0.1) is 5.95 Å². The summed E-state index contributed by atoms with van der Waals surface area (Å²) in [4.78, 5) is 3.67. The fraction of sp³-hybridized carbons (Fsp3) is 0.545. The maximum atomic E-state index is 12.6. The van der Waals surface area contributed by atoms with Crippen LogP contribution < -0.4 is 0 Å². The van der Waals surface area contributed by atoms with Crippen molar-refractivity contribution >= 4 is 0 Å². The van der Waals surface area contributed by atoms with Gasteiger partial charge in [0.25, 0.3) is 0 Å². The Kier molecular flexibility index (Phi) is 3.02. The number of hydrogen-bond acceptors (Lipinski definition) is 1. The minimum absolute atomic E-state index is 0.140. The minimum Gasteiger partial charge on any atom is -0.228 e. The van der Waals surface area contributed by atoms with Crippen LogP contribution >= 0.6 is 0 Å². The van der Waals surface area contributed by atoms with Gasteiger partial charge in [0.1, 0.15) is 0 Å². The highest BCUT2D eigenvalue weighted by atomic mass is 19.1. The molecule has 0 saturated carbocycles. The molecule has 0 radical (unpaired) electrons. The molecule has 0 fully saturated rings. The molecule has 0 saturated heterocycles. The van der Waals surface area contributed by atoms with E-state index in [1.165, 1.54) is 6.07 Å². The topological polar surface area (TPSA) is 12.9 Å². The van der Waals surface area contributed by atoms with Crippen molar-refractivity contribution in [2.24, 2.45) is 0 Å². The lowest BCUT2D eigenvalue weighted by Crippen LogP contribution is -2.19. The molecule has 0 atom stereocenters. The monoisotopic (exact) mass is 181 g/mol. The molecule has 13 heavy (non-hydrogen) atoms. The van der Waals surface area contributed by atoms with Gasteiger partial charge in [-0.15, -0.1) is 0 Å². The van der Waals surface area contributed by atoms with Gasteiger partial charge in [-0.25, -0.2) is 4.98 Å². The molecule has 1 aromatic rings. The van der Waals surface area contributed by atoms with E-state index in [9.17, 15) is 4.39 Å². The Morgan fingerprint density at radius 3 is 2.31 bits per heavy atom. The van der Waals surface area contributed by atoms with Crippen LogP contribution in [-0.4, -0.2) is 4.98 Å². The fourth-order valence-electron chi connectivity index (χ4n) is 1.39. The standard InChI is InChI=1S/C11H16FN/c1-4-11(3,5-2)9-6-7-10(12)13-8-9/h6-8H,4-5H2,1-3H3. The summed E-state index contributed by atoms with van der Waals surface area (Å²) in [5.41, 5.74) is 1.26. The Morgan fingerprint density at radius 1 is 1.31 bits per heavy atom. The zero-order valence-corrected chi connectivity index (χ0v) is 8.47. The Bertz CT molecular complexity index is 262. The van der Waals surface area contributed by atoms with Crippen LogP contribution in [0.25, 0.3) is 0 Å². The zero-order chi connectivity index (χ0) is 9.90. The van der Waals surface area contributed by atoms with E-state index in [-0.39, 0.29) is 5.41 Å². The van der Waals surface area contributed by atoms with Gasteiger partial charge in [0.15, 0.2) is 0 Å². The summed E-state index contributed by atoms with van der Waals surface area (Å²) in [7, 11) is 0. The molecular formula is C11H16FN. The second-order valence-corrected chi connectivity index (χ2v) is 3.64. The summed E-state index contributed by atoms with van der Waals surface area (Å²) in [6.07, 6.45) is 3.75. The van der Waals surface area contributed by atoms with Crippen molar-refractivity contribution in [3.05, 3.63) is 29.8 Å². The van der Waals surface area contributed by atoms with Crippen molar-refractivity contribution in [1.29, 1.82) is 0 Å². The first-order valence-corrected chi connectivity index (χ1v) is 4.74. The molecule has 72 valence electrons. The molecule has 1 heterocycles. The van der Waals surface area contributed by atoms with Crippen molar-refractivity contribution < 1.29 is 4.39 Å². The average Bonchev–Trinajstić information content (AvgIpc) is 2.18. The van der Waals surface area contributed by atoms with Gasteiger partial charge < -0.3 is 0 Å². The van der Waals surface area contributed by atoms with E-state index in [0.29, 0.717) is 0 Å². The molecule has 2 heteroatoms. The van der Waals surface area contributed by atoms with Crippen LogP contribution in [0.15, 0.2) is 18.3 Å². The highest BCUT2D eigenvalue weighted by Gasteiger charge is 2.22. The van der Waals surface area contributed by atoms with Gasteiger partial charge >= 0.3 is 0 Å². The molecule has 1 aromatic heterocycles. The Morgan fingerprint density at radius 2 is 1.92 bits per heavy atom. The average molecular weight is 181 g/mol. The van der Waals surface area contributed by atoms with E-state index < -0.39 is 5.95 Å². The molecule has 0 aliphatic heterocycles. The summed E-state index contributed by atoms with van der Waals surface area (Å²) in [5, 5.41) is 0. The summed E-state index contributed by atoms with van der Waals surface area (Å²) in [6.45, 7) is 6.47. The van der Waals surface area contributed by atoms with Gasteiger partial charge in [-0.2, -0.15) is 4.39 Å². The van der Waals surface area contributed by atoms with Gasteiger partial charge in [0.2, 0.25) is 5.95 Å². The van der Waals surface area contributed by atoms with Crippen molar-refractivity contribution in [2.75, 3.05) is 0 Å². The molecule has 0 unspecified atom stereocenters. The second kappa shape index (κ2) is 3.86. The van der Waals surface area contributed by atoms with Crippen LogP contribution in [0.1, 0.15) is 39.2 Å². The van der Waals surface area contributed by atoms with Gasteiger partial charge in [0, 0.05) is 6.20 Å². The third-order valence-corrected chi connectivity index (χ3v) is 2.98. The van der Waals surface area contributed by atoms with Crippen LogP contribution in [0.3, 0.4) is 0 Å². The summed E-state index contributed by atoms with van der Waals surface area (Å²) >= 11 is 0. The maximum absolute atomic E-state index is 12.6. The summed E-state index contributed by atoms with van der Waals surface area (Å²) in [6, 6.07) is 3.26. The molecule has 0 aromatic carbocycles. The van der Waals surface area contributed by atoms with Crippen LogP contribution in [0.5, 0.6) is 0 Å². The largest absolute Gasteiger partial charge is 0.228 e. The Labute approximate surface area is 79.0 Å². The number of rotatable bonds is 3. The number of aromatic nitrogens is 1. The summed E-state index contributed by atoms with van der Waals surface area (Å²) in [5.74, 6) is -0.404. The third kappa shape index (κ3) is 2.06.